The van der Waals surface area contributed by atoms with E-state index in [-0.39, 0.29) is 10.6 Å². The van der Waals surface area contributed by atoms with Gasteiger partial charge in [0.1, 0.15) is 0 Å². The first-order valence-corrected chi connectivity index (χ1v) is 5.72. The summed E-state index contributed by atoms with van der Waals surface area (Å²) in [6, 6.07) is 0.425. The molecule has 4 nitrogen and oxygen atoms in total. The van der Waals surface area contributed by atoms with Crippen molar-refractivity contribution in [2.45, 2.75) is 32.2 Å². The van der Waals surface area contributed by atoms with Crippen LogP contribution >= 0.6 is 23.2 Å². The number of nitrogens with one attached hydrogen (secondary N) is 1. The average Bonchev–Trinajstić information content (AvgIpc) is 2.49. The van der Waals surface area contributed by atoms with Gasteiger partial charge in [0, 0.05) is 6.04 Å². The predicted octanol–water partition coefficient (Wildman–Crippen LogP) is 2.78. The van der Waals surface area contributed by atoms with Crippen LogP contribution in [0.15, 0.2) is 0 Å². The van der Waals surface area contributed by atoms with Gasteiger partial charge in [-0.1, -0.05) is 6.92 Å². The van der Waals surface area contributed by atoms with Gasteiger partial charge in [0.2, 0.25) is 16.5 Å². The highest BCUT2D eigenvalue weighted by atomic mass is 35.5. The first-order valence-electron chi connectivity index (χ1n) is 4.97. The molecule has 1 aliphatic rings. The SMILES string of the molecule is CC1CCC(Nc2nc(Cl)nc(Cl)n2)C1. The van der Waals surface area contributed by atoms with Gasteiger partial charge < -0.3 is 5.32 Å². The van der Waals surface area contributed by atoms with Crippen molar-refractivity contribution in [2.24, 2.45) is 5.92 Å². The second-order valence-corrected chi connectivity index (χ2v) is 4.63. The molecule has 1 N–H and O–H groups in total. The van der Waals surface area contributed by atoms with Crippen LogP contribution in [-0.4, -0.2) is 21.0 Å². The van der Waals surface area contributed by atoms with Gasteiger partial charge in [0.15, 0.2) is 0 Å². The highest BCUT2D eigenvalue weighted by Gasteiger charge is 2.21. The Kier molecular flexibility index (Phi) is 3.26. The lowest BCUT2D eigenvalue weighted by Gasteiger charge is -2.11. The van der Waals surface area contributed by atoms with E-state index in [1.807, 2.05) is 0 Å². The molecular formula is C9H12Cl2N4. The fourth-order valence-electron chi connectivity index (χ4n) is 1.91. The summed E-state index contributed by atoms with van der Waals surface area (Å²) in [4.78, 5) is 11.6. The number of rotatable bonds is 2. The molecule has 1 aromatic rings. The lowest BCUT2D eigenvalue weighted by atomic mass is 10.1. The molecule has 0 aliphatic heterocycles. The molecule has 1 aliphatic carbocycles. The Bertz CT molecular complexity index is 338. The van der Waals surface area contributed by atoms with E-state index in [1.165, 1.54) is 6.42 Å². The van der Waals surface area contributed by atoms with Crippen molar-refractivity contribution >= 4 is 29.2 Å². The van der Waals surface area contributed by atoms with E-state index in [2.05, 4.69) is 27.2 Å². The summed E-state index contributed by atoms with van der Waals surface area (Å²) in [5.74, 6) is 1.23. The Labute approximate surface area is 98.4 Å². The zero-order valence-electron chi connectivity index (χ0n) is 8.37. The Morgan fingerprint density at radius 3 is 2.33 bits per heavy atom. The van der Waals surface area contributed by atoms with Crippen LogP contribution in [-0.2, 0) is 0 Å². The molecule has 1 heterocycles. The third-order valence-corrected chi connectivity index (χ3v) is 2.95. The van der Waals surface area contributed by atoms with E-state index < -0.39 is 0 Å². The minimum absolute atomic E-state index is 0.128. The molecule has 15 heavy (non-hydrogen) atoms. The zero-order valence-corrected chi connectivity index (χ0v) is 9.89. The van der Waals surface area contributed by atoms with Gasteiger partial charge in [-0.05, 0) is 48.4 Å². The van der Waals surface area contributed by atoms with E-state index in [4.69, 9.17) is 23.2 Å². The van der Waals surface area contributed by atoms with Gasteiger partial charge in [-0.3, -0.25) is 0 Å². The maximum Gasteiger partial charge on any atom is 0.228 e. The summed E-state index contributed by atoms with van der Waals surface area (Å²) in [5.41, 5.74) is 0. The van der Waals surface area contributed by atoms with Crippen LogP contribution in [0.2, 0.25) is 10.6 Å². The summed E-state index contributed by atoms with van der Waals surface area (Å²) in [6.07, 6.45) is 3.52. The molecule has 82 valence electrons. The molecule has 0 saturated heterocycles. The summed E-state index contributed by atoms with van der Waals surface area (Å²) in [5, 5.41) is 3.48. The Hall–Kier alpha value is -0.610. The van der Waals surface area contributed by atoms with Crippen molar-refractivity contribution in [2.75, 3.05) is 5.32 Å². The van der Waals surface area contributed by atoms with Crippen molar-refractivity contribution in [1.82, 2.24) is 15.0 Å². The first kappa shape index (κ1) is 10.9. The van der Waals surface area contributed by atoms with E-state index in [0.29, 0.717) is 12.0 Å². The number of anilines is 1. The molecule has 0 bridgehead atoms. The van der Waals surface area contributed by atoms with Gasteiger partial charge in [0.25, 0.3) is 0 Å². The Morgan fingerprint density at radius 2 is 1.80 bits per heavy atom. The lowest BCUT2D eigenvalue weighted by Crippen LogP contribution is -2.17. The second kappa shape index (κ2) is 4.49. The molecule has 0 aromatic carbocycles. The predicted molar refractivity (Wildman–Crippen MR) is 60.3 cm³/mol. The minimum Gasteiger partial charge on any atom is -0.351 e. The van der Waals surface area contributed by atoms with Gasteiger partial charge in [-0.2, -0.15) is 15.0 Å². The summed E-state index contributed by atoms with van der Waals surface area (Å²) in [7, 11) is 0. The van der Waals surface area contributed by atoms with Crippen LogP contribution < -0.4 is 5.32 Å². The molecule has 0 radical (unpaired) electrons. The lowest BCUT2D eigenvalue weighted by molar-refractivity contribution is 0.601. The summed E-state index contributed by atoms with van der Waals surface area (Å²) >= 11 is 11.4. The maximum atomic E-state index is 5.68. The highest BCUT2D eigenvalue weighted by Crippen LogP contribution is 2.26. The monoisotopic (exact) mass is 246 g/mol. The first-order chi connectivity index (χ1) is 7.13. The Morgan fingerprint density at radius 1 is 1.13 bits per heavy atom. The van der Waals surface area contributed by atoms with Crippen molar-refractivity contribution in [1.29, 1.82) is 0 Å². The molecule has 0 amide bonds. The van der Waals surface area contributed by atoms with Crippen LogP contribution in [0.3, 0.4) is 0 Å². The van der Waals surface area contributed by atoms with E-state index in [9.17, 15) is 0 Å². The van der Waals surface area contributed by atoms with Crippen LogP contribution in [0, 0.1) is 5.92 Å². The Balaban J connectivity index is 2.04. The topological polar surface area (TPSA) is 50.7 Å². The average molecular weight is 247 g/mol. The smallest absolute Gasteiger partial charge is 0.228 e. The van der Waals surface area contributed by atoms with Crippen LogP contribution in [0.4, 0.5) is 5.95 Å². The quantitative estimate of drug-likeness (QED) is 0.872. The molecule has 1 saturated carbocycles. The molecule has 6 heteroatoms. The highest BCUT2D eigenvalue weighted by molar-refractivity contribution is 6.31. The standard InChI is InChI=1S/C9H12Cl2N4/c1-5-2-3-6(4-5)12-9-14-7(10)13-8(11)15-9/h5-6H,2-4H2,1H3,(H,12,13,14,15). The van der Waals surface area contributed by atoms with Gasteiger partial charge in [0.05, 0.1) is 0 Å². The fraction of sp³-hybridized carbons (Fsp3) is 0.667. The second-order valence-electron chi connectivity index (χ2n) is 3.96. The number of aromatic nitrogens is 3. The van der Waals surface area contributed by atoms with Gasteiger partial charge in [-0.15, -0.1) is 0 Å². The fourth-order valence-corrected chi connectivity index (χ4v) is 2.27. The molecule has 2 atom stereocenters. The third-order valence-electron chi connectivity index (χ3n) is 2.61. The third kappa shape index (κ3) is 2.92. The van der Waals surface area contributed by atoms with Crippen LogP contribution in [0.5, 0.6) is 0 Å². The number of halogens is 2. The largest absolute Gasteiger partial charge is 0.351 e. The van der Waals surface area contributed by atoms with Crippen molar-refractivity contribution < 1.29 is 0 Å². The molecule has 0 spiro atoms. The molecular weight excluding hydrogens is 235 g/mol. The molecule has 1 aromatic heterocycles. The number of hydrogen-bond acceptors (Lipinski definition) is 4. The molecule has 2 unspecified atom stereocenters. The van der Waals surface area contributed by atoms with Crippen molar-refractivity contribution in [3.05, 3.63) is 10.6 Å². The summed E-state index contributed by atoms with van der Waals surface area (Å²) < 4.78 is 0. The number of nitrogens with zero attached hydrogens (tertiary/aromatic N) is 3. The van der Waals surface area contributed by atoms with Crippen LogP contribution in [0.1, 0.15) is 26.2 Å². The van der Waals surface area contributed by atoms with Crippen molar-refractivity contribution in [3.63, 3.8) is 0 Å². The van der Waals surface area contributed by atoms with E-state index in [0.717, 1.165) is 18.8 Å². The zero-order chi connectivity index (χ0) is 10.8. The van der Waals surface area contributed by atoms with Gasteiger partial charge in [-0.25, -0.2) is 0 Å². The number of hydrogen-bond donors (Lipinski definition) is 1. The maximum absolute atomic E-state index is 5.68. The van der Waals surface area contributed by atoms with Gasteiger partial charge >= 0.3 is 0 Å². The normalized spacial score (nSPS) is 25.5. The van der Waals surface area contributed by atoms with Crippen molar-refractivity contribution in [3.8, 4) is 0 Å². The minimum atomic E-state index is 0.128. The van der Waals surface area contributed by atoms with Crippen LogP contribution in [0.25, 0.3) is 0 Å². The van der Waals surface area contributed by atoms with E-state index >= 15 is 0 Å². The summed E-state index contributed by atoms with van der Waals surface area (Å²) in [6.45, 7) is 2.25. The van der Waals surface area contributed by atoms with E-state index in [1.54, 1.807) is 0 Å². The molecule has 2 rings (SSSR count). The molecule has 1 fully saturated rings.